The third-order valence-electron chi connectivity index (χ3n) is 4.34. The Morgan fingerprint density at radius 2 is 2.07 bits per heavy atom. The van der Waals surface area contributed by atoms with Gasteiger partial charge in [0.25, 0.3) is 0 Å². The van der Waals surface area contributed by atoms with Gasteiger partial charge in [0, 0.05) is 33.6 Å². The lowest BCUT2D eigenvalue weighted by atomic mass is 9.99. The highest BCUT2D eigenvalue weighted by Crippen LogP contribution is 2.33. The molecule has 27 heavy (non-hydrogen) atoms. The Labute approximate surface area is 168 Å². The molecule has 0 aliphatic carbocycles. The molecular weight excluding hydrogens is 381 g/mol. The predicted octanol–water partition coefficient (Wildman–Crippen LogP) is 6.03. The smallest absolute Gasteiger partial charge is 0.125 e. The first-order valence-corrected chi connectivity index (χ1v) is 9.46. The zero-order valence-electron chi connectivity index (χ0n) is 14.9. The molecule has 3 rings (SSSR count). The highest BCUT2D eigenvalue weighted by atomic mass is 35.5. The number of nitriles is 1. The zero-order chi connectivity index (χ0) is 19.2. The van der Waals surface area contributed by atoms with Crippen LogP contribution in [0.2, 0.25) is 10.0 Å². The summed E-state index contributed by atoms with van der Waals surface area (Å²) in [7, 11) is 0. The van der Waals surface area contributed by atoms with E-state index in [2.05, 4.69) is 18.0 Å². The molecule has 0 fully saturated rings. The van der Waals surface area contributed by atoms with Crippen molar-refractivity contribution in [2.24, 2.45) is 0 Å². The highest BCUT2D eigenvalue weighted by Gasteiger charge is 2.18. The van der Waals surface area contributed by atoms with Gasteiger partial charge in [-0.25, -0.2) is 4.98 Å². The number of nitrogens with zero attached hydrogens (tertiary/aromatic N) is 3. The number of benzene rings is 2. The van der Waals surface area contributed by atoms with E-state index >= 15 is 0 Å². The average Bonchev–Trinajstić information content (AvgIpc) is 3.20. The first-order valence-electron chi connectivity index (χ1n) is 8.70. The van der Waals surface area contributed by atoms with Crippen molar-refractivity contribution in [3.63, 3.8) is 0 Å². The van der Waals surface area contributed by atoms with E-state index in [0.29, 0.717) is 22.2 Å². The van der Waals surface area contributed by atoms with Gasteiger partial charge in [0.05, 0.1) is 24.0 Å². The van der Waals surface area contributed by atoms with Crippen LogP contribution in [0, 0.1) is 11.3 Å². The van der Waals surface area contributed by atoms with Crippen molar-refractivity contribution in [3.8, 4) is 11.8 Å². The Kier molecular flexibility index (Phi) is 6.39. The van der Waals surface area contributed by atoms with E-state index in [-0.39, 0.29) is 6.04 Å². The highest BCUT2D eigenvalue weighted by molar-refractivity contribution is 6.35. The summed E-state index contributed by atoms with van der Waals surface area (Å²) in [5.41, 5.74) is 2.41. The van der Waals surface area contributed by atoms with E-state index in [4.69, 9.17) is 27.9 Å². The van der Waals surface area contributed by atoms with Crippen molar-refractivity contribution in [3.05, 3.63) is 81.9 Å². The van der Waals surface area contributed by atoms with Crippen LogP contribution in [0.1, 0.15) is 42.5 Å². The van der Waals surface area contributed by atoms with Crippen LogP contribution in [0.5, 0.6) is 5.75 Å². The molecule has 138 valence electrons. The largest absolute Gasteiger partial charge is 0.488 e. The van der Waals surface area contributed by atoms with Gasteiger partial charge in [0.2, 0.25) is 0 Å². The van der Waals surface area contributed by atoms with Gasteiger partial charge in [0.1, 0.15) is 12.4 Å². The lowest BCUT2D eigenvalue weighted by molar-refractivity contribution is 0.298. The van der Waals surface area contributed by atoms with Crippen LogP contribution < -0.4 is 4.74 Å². The fourth-order valence-electron chi connectivity index (χ4n) is 3.00. The second kappa shape index (κ2) is 8.94. The number of hydrogen-bond acceptors (Lipinski definition) is 3. The Balaban J connectivity index is 1.94. The lowest BCUT2D eigenvalue weighted by Crippen LogP contribution is -2.11. The van der Waals surface area contributed by atoms with Crippen LogP contribution in [0.25, 0.3) is 0 Å². The van der Waals surface area contributed by atoms with Crippen LogP contribution in [0.4, 0.5) is 0 Å². The van der Waals surface area contributed by atoms with Crippen LogP contribution in [0.15, 0.2) is 55.1 Å². The van der Waals surface area contributed by atoms with Gasteiger partial charge in [-0.05, 0) is 36.8 Å². The summed E-state index contributed by atoms with van der Waals surface area (Å²) in [5, 5.41) is 10.5. The summed E-state index contributed by atoms with van der Waals surface area (Å²) >= 11 is 12.2. The molecule has 0 amide bonds. The number of imidazole rings is 1. The standard InChI is InChI=1S/C21H19Cl2N3O/c1-2-3-20(26-9-8-25-14-26)18-10-15(12-24)4-7-21(18)27-13-16-5-6-17(22)11-19(16)23/h4-11,14,20H,2-3,13H2,1H3. The molecule has 1 heterocycles. The molecule has 0 saturated carbocycles. The second-order valence-corrected chi connectivity index (χ2v) is 7.05. The molecule has 6 heteroatoms. The summed E-state index contributed by atoms with van der Waals surface area (Å²) in [6.45, 7) is 2.45. The number of rotatable bonds is 7. The van der Waals surface area contributed by atoms with Gasteiger partial charge >= 0.3 is 0 Å². The summed E-state index contributed by atoms with van der Waals surface area (Å²) in [4.78, 5) is 4.16. The van der Waals surface area contributed by atoms with Gasteiger partial charge in [0.15, 0.2) is 0 Å². The molecule has 0 saturated heterocycles. The van der Waals surface area contributed by atoms with Crippen LogP contribution in [-0.2, 0) is 6.61 Å². The SMILES string of the molecule is CCCC(c1cc(C#N)ccc1OCc1ccc(Cl)cc1Cl)n1ccnc1. The van der Waals surface area contributed by atoms with Gasteiger partial charge < -0.3 is 9.30 Å². The molecular formula is C21H19Cl2N3O. The fourth-order valence-corrected chi connectivity index (χ4v) is 3.46. The van der Waals surface area contributed by atoms with Crippen molar-refractivity contribution in [1.29, 1.82) is 5.26 Å². The predicted molar refractivity (Wildman–Crippen MR) is 107 cm³/mol. The van der Waals surface area contributed by atoms with Crippen LogP contribution in [-0.4, -0.2) is 9.55 Å². The average molecular weight is 400 g/mol. The third-order valence-corrected chi connectivity index (χ3v) is 4.93. The summed E-state index contributed by atoms with van der Waals surface area (Å²) in [6, 6.07) is 13.1. The number of aromatic nitrogens is 2. The van der Waals surface area contributed by atoms with Gasteiger partial charge in [-0.2, -0.15) is 5.26 Å². The van der Waals surface area contributed by atoms with Gasteiger partial charge in [-0.15, -0.1) is 0 Å². The molecule has 2 aromatic carbocycles. The maximum absolute atomic E-state index is 9.33. The lowest BCUT2D eigenvalue weighted by Gasteiger charge is -2.22. The van der Waals surface area contributed by atoms with Crippen LogP contribution >= 0.6 is 23.2 Å². The first-order chi connectivity index (χ1) is 13.1. The van der Waals surface area contributed by atoms with E-state index in [1.807, 2.05) is 29.0 Å². The fraction of sp³-hybridized carbons (Fsp3) is 0.238. The van der Waals surface area contributed by atoms with Crippen molar-refractivity contribution in [1.82, 2.24) is 9.55 Å². The third kappa shape index (κ3) is 4.63. The minimum atomic E-state index is 0.0430. The van der Waals surface area contributed by atoms with E-state index in [1.54, 1.807) is 30.7 Å². The van der Waals surface area contributed by atoms with Gasteiger partial charge in [-0.1, -0.05) is 42.6 Å². The first kappa shape index (κ1) is 19.3. The quantitative estimate of drug-likeness (QED) is 0.487. The van der Waals surface area contributed by atoms with E-state index in [0.717, 1.165) is 29.7 Å². The molecule has 0 bridgehead atoms. The topological polar surface area (TPSA) is 50.8 Å². The molecule has 0 radical (unpaired) electrons. The number of hydrogen-bond donors (Lipinski definition) is 0. The van der Waals surface area contributed by atoms with E-state index in [9.17, 15) is 5.26 Å². The van der Waals surface area contributed by atoms with Crippen molar-refractivity contribution in [2.75, 3.05) is 0 Å². The zero-order valence-corrected chi connectivity index (χ0v) is 16.4. The normalized spacial score (nSPS) is 11.8. The van der Waals surface area contributed by atoms with E-state index < -0.39 is 0 Å². The van der Waals surface area contributed by atoms with Crippen molar-refractivity contribution >= 4 is 23.2 Å². The monoisotopic (exact) mass is 399 g/mol. The molecule has 0 aliphatic rings. The molecule has 0 spiro atoms. The van der Waals surface area contributed by atoms with E-state index in [1.165, 1.54) is 0 Å². The maximum atomic E-state index is 9.33. The minimum Gasteiger partial charge on any atom is -0.488 e. The summed E-state index contributed by atoms with van der Waals surface area (Å²) in [6.07, 6.45) is 7.37. The van der Waals surface area contributed by atoms with Crippen molar-refractivity contribution in [2.45, 2.75) is 32.4 Å². The molecule has 0 N–H and O–H groups in total. The second-order valence-electron chi connectivity index (χ2n) is 6.20. The maximum Gasteiger partial charge on any atom is 0.125 e. The Morgan fingerprint density at radius 3 is 2.74 bits per heavy atom. The molecule has 4 nitrogen and oxygen atoms in total. The van der Waals surface area contributed by atoms with Crippen LogP contribution in [0.3, 0.4) is 0 Å². The molecule has 1 unspecified atom stereocenters. The molecule has 1 atom stereocenters. The summed E-state index contributed by atoms with van der Waals surface area (Å²) in [5.74, 6) is 0.729. The molecule has 3 aromatic rings. The summed E-state index contributed by atoms with van der Waals surface area (Å²) < 4.78 is 8.14. The molecule has 1 aromatic heterocycles. The Bertz CT molecular complexity index is 949. The minimum absolute atomic E-state index is 0.0430. The molecule has 0 aliphatic heterocycles. The number of halogens is 2. The Morgan fingerprint density at radius 1 is 1.22 bits per heavy atom. The van der Waals surface area contributed by atoms with Crippen molar-refractivity contribution < 1.29 is 4.74 Å². The Hall–Kier alpha value is -2.48. The number of ether oxygens (including phenoxy) is 1. The van der Waals surface area contributed by atoms with Gasteiger partial charge in [-0.3, -0.25) is 0 Å².